The van der Waals surface area contributed by atoms with Gasteiger partial charge < -0.3 is 17.3 Å². The first-order chi connectivity index (χ1) is 5.79. The second-order valence-electron chi connectivity index (χ2n) is 2.87. The van der Waals surface area contributed by atoms with E-state index >= 15 is 0 Å². The van der Waals surface area contributed by atoms with Crippen LogP contribution in [0.15, 0.2) is 43.5 Å². The van der Waals surface area contributed by atoms with Crippen LogP contribution in [-0.2, 0) is 6.54 Å². The molecule has 0 radical (unpaired) electrons. The zero-order chi connectivity index (χ0) is 9.40. The van der Waals surface area contributed by atoms with E-state index in [0.29, 0.717) is 0 Å². The van der Waals surface area contributed by atoms with E-state index in [4.69, 9.17) is 0 Å². The highest BCUT2D eigenvalue weighted by molar-refractivity contribution is 5.12. The number of hydrogen-bond acceptors (Lipinski definition) is 0. The smallest absolute Gasteiger partial charge is 0.102 e. The normalized spacial score (nSPS) is 8.23. The Kier molecular flexibility index (Phi) is 10.5. The van der Waals surface area contributed by atoms with Gasteiger partial charge in [0.1, 0.15) is 6.54 Å². The van der Waals surface area contributed by atoms with E-state index in [2.05, 4.69) is 57.6 Å². The molecule has 0 aliphatic rings. The molecule has 13 heavy (non-hydrogen) atoms. The summed E-state index contributed by atoms with van der Waals surface area (Å²) in [4.78, 5) is 1.46. The Morgan fingerprint density at radius 3 is 1.92 bits per heavy atom. The van der Waals surface area contributed by atoms with Crippen molar-refractivity contribution in [1.82, 2.24) is 0 Å². The van der Waals surface area contributed by atoms with E-state index in [0.717, 1.165) is 6.54 Å². The van der Waals surface area contributed by atoms with Crippen molar-refractivity contribution in [2.75, 3.05) is 14.1 Å². The Balaban J connectivity index is 0. The number of nitrogens with one attached hydrogen (secondary N) is 1. The Labute approximate surface area is 87.5 Å². The summed E-state index contributed by atoms with van der Waals surface area (Å²) >= 11 is 0. The summed E-state index contributed by atoms with van der Waals surface area (Å²) in [6.07, 6.45) is 0. The number of halogens is 1. The van der Waals surface area contributed by atoms with Crippen molar-refractivity contribution in [3.8, 4) is 0 Å². The Bertz CT molecular complexity index is 197. The van der Waals surface area contributed by atoms with Crippen molar-refractivity contribution in [3.63, 3.8) is 0 Å². The monoisotopic (exact) mass is 199 g/mol. The minimum atomic E-state index is 0. The molecule has 0 unspecified atom stereocenters. The fraction of sp³-hybridized carbons (Fsp3) is 0.273. The van der Waals surface area contributed by atoms with E-state index < -0.39 is 0 Å². The Morgan fingerprint density at radius 1 is 1.08 bits per heavy atom. The largest absolute Gasteiger partial charge is 1.00 e. The van der Waals surface area contributed by atoms with Gasteiger partial charge in [0.05, 0.1) is 14.1 Å². The third kappa shape index (κ3) is 7.57. The van der Waals surface area contributed by atoms with Gasteiger partial charge in [0, 0.05) is 5.56 Å². The molecular weight excluding hydrogens is 182 g/mol. The van der Waals surface area contributed by atoms with Gasteiger partial charge in [-0.15, -0.1) is 13.2 Å². The highest BCUT2D eigenvalue weighted by atomic mass is 35.5. The van der Waals surface area contributed by atoms with Gasteiger partial charge >= 0.3 is 0 Å². The van der Waals surface area contributed by atoms with Crippen LogP contribution in [0.1, 0.15) is 5.56 Å². The molecule has 0 spiro atoms. The van der Waals surface area contributed by atoms with Gasteiger partial charge in [0.15, 0.2) is 0 Å². The lowest BCUT2D eigenvalue weighted by Gasteiger charge is -2.05. The van der Waals surface area contributed by atoms with Crippen molar-refractivity contribution >= 4 is 0 Å². The molecule has 1 N–H and O–H groups in total. The van der Waals surface area contributed by atoms with Crippen molar-refractivity contribution in [1.29, 1.82) is 0 Å². The maximum absolute atomic E-state index is 3.00. The first kappa shape index (κ1) is 14.7. The summed E-state index contributed by atoms with van der Waals surface area (Å²) in [5, 5.41) is 0. The SMILES string of the molecule is C=C.C[NH+](C)Cc1ccccc1.[Cl-]. The zero-order valence-electron chi connectivity index (χ0n) is 8.39. The number of quaternary nitrogens is 1. The molecule has 0 heterocycles. The van der Waals surface area contributed by atoms with Crippen LogP contribution in [0.5, 0.6) is 0 Å². The fourth-order valence-electron chi connectivity index (χ4n) is 1.00. The minimum Gasteiger partial charge on any atom is -1.00 e. The maximum Gasteiger partial charge on any atom is 0.102 e. The lowest BCUT2D eigenvalue weighted by atomic mass is 10.2. The van der Waals surface area contributed by atoms with Gasteiger partial charge in [-0.05, 0) is 0 Å². The van der Waals surface area contributed by atoms with Gasteiger partial charge in [-0.25, -0.2) is 0 Å². The minimum absolute atomic E-state index is 0. The van der Waals surface area contributed by atoms with E-state index in [1.54, 1.807) is 0 Å². The van der Waals surface area contributed by atoms with E-state index in [1.165, 1.54) is 10.5 Å². The van der Waals surface area contributed by atoms with Crippen LogP contribution in [-0.4, -0.2) is 14.1 Å². The summed E-state index contributed by atoms with van der Waals surface area (Å²) in [6, 6.07) is 10.5. The average Bonchev–Trinajstić information content (AvgIpc) is 2.08. The number of rotatable bonds is 2. The molecular formula is C11H18ClN. The standard InChI is InChI=1S/C9H13N.C2H4.ClH/c1-10(2)8-9-6-4-3-5-7-9;1-2;/h3-7H,8H2,1-2H3;1-2H2;1H. The second kappa shape index (κ2) is 9.30. The quantitative estimate of drug-likeness (QED) is 0.533. The lowest BCUT2D eigenvalue weighted by molar-refractivity contribution is -0.872. The van der Waals surface area contributed by atoms with Gasteiger partial charge in [0.2, 0.25) is 0 Å². The molecule has 0 saturated heterocycles. The van der Waals surface area contributed by atoms with Gasteiger partial charge in [-0.3, -0.25) is 0 Å². The van der Waals surface area contributed by atoms with Crippen molar-refractivity contribution in [2.45, 2.75) is 6.54 Å². The molecule has 0 aromatic heterocycles. The predicted molar refractivity (Wildman–Crippen MR) is 54.2 cm³/mol. The Hall–Kier alpha value is -0.790. The highest BCUT2D eigenvalue weighted by Crippen LogP contribution is 1.94. The molecule has 0 atom stereocenters. The molecule has 1 rings (SSSR count). The molecule has 0 saturated carbocycles. The highest BCUT2D eigenvalue weighted by Gasteiger charge is 1.93. The number of hydrogen-bond donors (Lipinski definition) is 1. The zero-order valence-corrected chi connectivity index (χ0v) is 9.14. The van der Waals surface area contributed by atoms with Crippen LogP contribution < -0.4 is 17.3 Å². The topological polar surface area (TPSA) is 4.44 Å². The molecule has 74 valence electrons. The third-order valence-corrected chi connectivity index (χ3v) is 1.40. The third-order valence-electron chi connectivity index (χ3n) is 1.40. The molecule has 0 aliphatic carbocycles. The summed E-state index contributed by atoms with van der Waals surface area (Å²) < 4.78 is 0. The summed E-state index contributed by atoms with van der Waals surface area (Å²) in [5.41, 5.74) is 1.41. The first-order valence-corrected chi connectivity index (χ1v) is 4.12. The summed E-state index contributed by atoms with van der Waals surface area (Å²) in [6.45, 7) is 7.11. The average molecular weight is 200 g/mol. The van der Waals surface area contributed by atoms with Crippen molar-refractivity contribution in [2.24, 2.45) is 0 Å². The molecule has 1 aromatic rings. The maximum atomic E-state index is 3.00. The molecule has 2 heteroatoms. The first-order valence-electron chi connectivity index (χ1n) is 4.12. The van der Waals surface area contributed by atoms with Crippen LogP contribution >= 0.6 is 0 Å². The van der Waals surface area contributed by atoms with Gasteiger partial charge in [-0.1, -0.05) is 30.3 Å². The lowest BCUT2D eigenvalue weighted by Crippen LogP contribution is -3.04. The Morgan fingerprint density at radius 2 is 1.54 bits per heavy atom. The van der Waals surface area contributed by atoms with E-state index in [1.807, 2.05) is 0 Å². The van der Waals surface area contributed by atoms with E-state index in [-0.39, 0.29) is 12.4 Å². The predicted octanol–water partition coefficient (Wildman–Crippen LogP) is -1.86. The molecule has 0 amide bonds. The summed E-state index contributed by atoms with van der Waals surface area (Å²) in [7, 11) is 4.32. The van der Waals surface area contributed by atoms with Crippen LogP contribution in [0.3, 0.4) is 0 Å². The molecule has 1 aromatic carbocycles. The van der Waals surface area contributed by atoms with Crippen LogP contribution in [0.25, 0.3) is 0 Å². The second-order valence-corrected chi connectivity index (χ2v) is 2.87. The summed E-state index contributed by atoms with van der Waals surface area (Å²) in [5.74, 6) is 0. The van der Waals surface area contributed by atoms with Gasteiger partial charge in [0.25, 0.3) is 0 Å². The fourth-order valence-corrected chi connectivity index (χ4v) is 1.00. The van der Waals surface area contributed by atoms with Crippen LogP contribution in [0.2, 0.25) is 0 Å². The van der Waals surface area contributed by atoms with Crippen LogP contribution in [0, 0.1) is 0 Å². The molecule has 0 bridgehead atoms. The van der Waals surface area contributed by atoms with Gasteiger partial charge in [-0.2, -0.15) is 0 Å². The van der Waals surface area contributed by atoms with E-state index in [9.17, 15) is 0 Å². The number of benzene rings is 1. The molecule has 0 fully saturated rings. The van der Waals surface area contributed by atoms with Crippen LogP contribution in [0.4, 0.5) is 0 Å². The van der Waals surface area contributed by atoms with Crippen molar-refractivity contribution in [3.05, 3.63) is 49.1 Å². The molecule has 0 aliphatic heterocycles. The van der Waals surface area contributed by atoms with Crippen molar-refractivity contribution < 1.29 is 17.3 Å². The molecule has 1 nitrogen and oxygen atoms in total.